The number of aliphatic hydroxyl groups is 8. The molecule has 14 nitrogen and oxygen atoms in total. The number of carbonyl (C=O) groups excluding carboxylic acids is 1. The molecule has 70 heavy (non-hydrogen) atoms. The number of aliphatic hydroxyl groups excluding tert-OH is 8. The summed E-state index contributed by atoms with van der Waals surface area (Å²) in [6.45, 7) is 2.48. The summed E-state index contributed by atoms with van der Waals surface area (Å²) in [5.74, 6) is -0.287. The Balaban J connectivity index is 1.67. The normalized spacial score (nSPS) is 27.0. The summed E-state index contributed by atoms with van der Waals surface area (Å²) in [6.07, 6.45) is 41.7. The van der Waals surface area contributed by atoms with E-state index in [-0.39, 0.29) is 18.9 Å². The number of nitrogens with one attached hydrogen (secondary N) is 1. The van der Waals surface area contributed by atoms with Crippen molar-refractivity contribution in [2.75, 3.05) is 19.8 Å². The third-order valence-corrected chi connectivity index (χ3v) is 11.7. The lowest BCUT2D eigenvalue weighted by atomic mass is 9.97. The van der Waals surface area contributed by atoms with Crippen LogP contribution in [0.1, 0.15) is 129 Å². The number of carbonyl (C=O) groups is 1. The summed E-state index contributed by atoms with van der Waals surface area (Å²) < 4.78 is 22.5. The summed E-state index contributed by atoms with van der Waals surface area (Å²) >= 11 is 0. The minimum atomic E-state index is -1.80. The second-order valence-corrected chi connectivity index (χ2v) is 17.6. The molecule has 2 aliphatic rings. The predicted molar refractivity (Wildman–Crippen MR) is 276 cm³/mol. The van der Waals surface area contributed by atoms with E-state index >= 15 is 0 Å². The maximum atomic E-state index is 13.1. The van der Waals surface area contributed by atoms with Gasteiger partial charge in [0.1, 0.15) is 48.8 Å². The molecule has 2 heterocycles. The SMILES string of the molecule is CC/C=C\C/C=C\C/C=C\C/C=C\C/C=C\C/C=C\C/C=C\C/C=C\C/C=C\CCCCCC(=O)NC(COC1OC(CO)C(OC2OC(CO)C(O)C(O)C2O)C(O)C1O)C(O)/C=C/CCCCC. The largest absolute Gasteiger partial charge is 0.394 e. The average Bonchev–Trinajstić information content (AvgIpc) is 3.36. The van der Waals surface area contributed by atoms with Crippen LogP contribution in [0, 0.1) is 0 Å². The van der Waals surface area contributed by atoms with Gasteiger partial charge in [-0.05, 0) is 89.9 Å². The van der Waals surface area contributed by atoms with Crippen molar-refractivity contribution in [1.29, 1.82) is 0 Å². The molecule has 0 spiro atoms. The highest BCUT2D eigenvalue weighted by atomic mass is 16.7. The molecule has 0 aromatic carbocycles. The first-order valence-corrected chi connectivity index (χ1v) is 25.8. The van der Waals surface area contributed by atoms with Crippen LogP contribution in [0.25, 0.3) is 0 Å². The highest BCUT2D eigenvalue weighted by Gasteiger charge is 2.51. The molecule has 2 aliphatic heterocycles. The molecule has 2 saturated heterocycles. The molecule has 396 valence electrons. The number of hydrogen-bond donors (Lipinski definition) is 9. The van der Waals surface area contributed by atoms with Crippen LogP contribution in [-0.4, -0.2) is 140 Å². The molecule has 12 atom stereocenters. The predicted octanol–water partition coefficient (Wildman–Crippen LogP) is 7.10. The summed E-state index contributed by atoms with van der Waals surface area (Å²) in [4.78, 5) is 13.1. The topological polar surface area (TPSA) is 228 Å². The Labute approximate surface area is 418 Å². The van der Waals surface area contributed by atoms with Crippen LogP contribution in [0.4, 0.5) is 0 Å². The molecule has 2 fully saturated rings. The lowest BCUT2D eigenvalue weighted by molar-refractivity contribution is -0.359. The van der Waals surface area contributed by atoms with Gasteiger partial charge < -0.3 is 65.1 Å². The number of ether oxygens (including phenoxy) is 4. The van der Waals surface area contributed by atoms with E-state index in [0.29, 0.717) is 6.42 Å². The Morgan fingerprint density at radius 2 is 0.986 bits per heavy atom. The maximum Gasteiger partial charge on any atom is 0.220 e. The molecule has 0 aromatic heterocycles. The van der Waals surface area contributed by atoms with Crippen LogP contribution in [0.3, 0.4) is 0 Å². The number of unbranched alkanes of at least 4 members (excludes halogenated alkanes) is 6. The van der Waals surface area contributed by atoms with E-state index in [1.165, 1.54) is 0 Å². The fourth-order valence-electron chi connectivity index (χ4n) is 7.46. The summed E-state index contributed by atoms with van der Waals surface area (Å²) in [5, 5.41) is 86.1. The van der Waals surface area contributed by atoms with E-state index in [2.05, 4.69) is 129 Å². The Bertz CT molecular complexity index is 1630. The van der Waals surface area contributed by atoms with Crippen LogP contribution >= 0.6 is 0 Å². The first-order valence-electron chi connectivity index (χ1n) is 25.8. The van der Waals surface area contributed by atoms with E-state index in [1.807, 2.05) is 6.08 Å². The van der Waals surface area contributed by atoms with Gasteiger partial charge in [0.15, 0.2) is 12.6 Å². The molecule has 0 aliphatic carbocycles. The van der Waals surface area contributed by atoms with Crippen molar-refractivity contribution in [2.24, 2.45) is 0 Å². The molecule has 0 aromatic rings. The third kappa shape index (κ3) is 27.3. The van der Waals surface area contributed by atoms with Gasteiger partial charge in [0.05, 0.1) is 32.0 Å². The minimum Gasteiger partial charge on any atom is -0.394 e. The van der Waals surface area contributed by atoms with Crippen LogP contribution in [0.5, 0.6) is 0 Å². The summed E-state index contributed by atoms with van der Waals surface area (Å²) in [7, 11) is 0. The quantitative estimate of drug-likeness (QED) is 0.0224. The van der Waals surface area contributed by atoms with Gasteiger partial charge in [0.2, 0.25) is 5.91 Å². The second-order valence-electron chi connectivity index (χ2n) is 17.6. The van der Waals surface area contributed by atoms with Gasteiger partial charge in [-0.3, -0.25) is 4.79 Å². The molecule has 0 radical (unpaired) electrons. The van der Waals surface area contributed by atoms with E-state index < -0.39 is 86.8 Å². The lowest BCUT2D eigenvalue weighted by Crippen LogP contribution is -2.65. The van der Waals surface area contributed by atoms with Crippen molar-refractivity contribution in [3.63, 3.8) is 0 Å². The Kier molecular flexibility index (Phi) is 36.5. The second kappa shape index (κ2) is 40.9. The van der Waals surface area contributed by atoms with Crippen molar-refractivity contribution in [2.45, 2.75) is 203 Å². The number of rotatable bonds is 37. The molecule has 0 saturated carbocycles. The van der Waals surface area contributed by atoms with Gasteiger partial charge in [-0.25, -0.2) is 0 Å². The van der Waals surface area contributed by atoms with Crippen molar-refractivity contribution < 1.29 is 64.6 Å². The standard InChI is InChI=1S/C56H89NO13/c1-3-5-7-9-10-11-12-13-14-15-16-17-18-19-20-21-22-23-24-25-26-27-28-29-30-31-32-33-34-36-38-40-48(61)57-44(45(60)39-37-35-8-6-4-2)43-67-55-53(66)51(64)54(47(42-59)69-55)70-56-52(65)50(63)49(62)46(41-58)68-56/h5,7,10-11,13-14,16-17,19-20,22-23,25-26,28-29,31-32,37,39,44-47,49-56,58-60,62-66H,3-4,6,8-9,12,15,18,21,24,27,30,33-36,38,40-43H2,1-2H3,(H,57,61)/b7-5-,11-10-,14-13-,17-16-,20-19-,23-22-,26-25-,29-28-,32-31-,39-37+. The molecular weight excluding hydrogens is 895 g/mol. The Hall–Kier alpha value is -3.61. The zero-order valence-electron chi connectivity index (χ0n) is 41.9. The van der Waals surface area contributed by atoms with E-state index in [4.69, 9.17) is 18.9 Å². The van der Waals surface area contributed by atoms with E-state index in [9.17, 15) is 45.6 Å². The zero-order valence-corrected chi connectivity index (χ0v) is 41.9. The smallest absolute Gasteiger partial charge is 0.220 e. The molecule has 9 N–H and O–H groups in total. The molecule has 1 amide bonds. The van der Waals surface area contributed by atoms with Crippen LogP contribution < -0.4 is 5.32 Å². The van der Waals surface area contributed by atoms with Crippen LogP contribution in [-0.2, 0) is 23.7 Å². The monoisotopic (exact) mass is 984 g/mol. The highest BCUT2D eigenvalue weighted by molar-refractivity contribution is 5.76. The molecular formula is C56H89NO13. The fraction of sp³-hybridized carbons (Fsp3) is 0.625. The van der Waals surface area contributed by atoms with Crippen molar-refractivity contribution in [3.8, 4) is 0 Å². The van der Waals surface area contributed by atoms with Gasteiger partial charge in [-0.1, -0.05) is 155 Å². The van der Waals surface area contributed by atoms with Gasteiger partial charge in [-0.15, -0.1) is 0 Å². The van der Waals surface area contributed by atoms with E-state index in [0.717, 1.165) is 103 Å². The zero-order chi connectivity index (χ0) is 51.0. The number of allylic oxidation sites excluding steroid dienone is 19. The molecule has 12 unspecified atom stereocenters. The highest BCUT2D eigenvalue weighted by Crippen LogP contribution is 2.30. The maximum absolute atomic E-state index is 13.1. The first-order chi connectivity index (χ1) is 34.1. The van der Waals surface area contributed by atoms with Gasteiger partial charge >= 0.3 is 0 Å². The van der Waals surface area contributed by atoms with E-state index in [1.54, 1.807) is 6.08 Å². The van der Waals surface area contributed by atoms with Crippen LogP contribution in [0.15, 0.2) is 122 Å². The van der Waals surface area contributed by atoms with Crippen molar-refractivity contribution in [3.05, 3.63) is 122 Å². The average molecular weight is 984 g/mol. The van der Waals surface area contributed by atoms with Gasteiger partial charge in [0.25, 0.3) is 0 Å². The fourth-order valence-corrected chi connectivity index (χ4v) is 7.46. The summed E-state index contributed by atoms with van der Waals surface area (Å²) in [6, 6.07) is -0.937. The molecule has 2 rings (SSSR count). The van der Waals surface area contributed by atoms with Crippen LogP contribution in [0.2, 0.25) is 0 Å². The molecule has 14 heteroatoms. The number of amides is 1. The Morgan fingerprint density at radius 3 is 1.49 bits per heavy atom. The number of hydrogen-bond acceptors (Lipinski definition) is 13. The Morgan fingerprint density at radius 1 is 0.529 bits per heavy atom. The first kappa shape index (κ1) is 62.5. The van der Waals surface area contributed by atoms with Gasteiger partial charge in [-0.2, -0.15) is 0 Å². The van der Waals surface area contributed by atoms with Gasteiger partial charge in [0, 0.05) is 6.42 Å². The van der Waals surface area contributed by atoms with Crippen molar-refractivity contribution >= 4 is 5.91 Å². The minimum absolute atomic E-state index is 0.230. The summed E-state index contributed by atoms with van der Waals surface area (Å²) in [5.41, 5.74) is 0. The molecule has 0 bridgehead atoms. The third-order valence-electron chi connectivity index (χ3n) is 11.7. The van der Waals surface area contributed by atoms with Crippen molar-refractivity contribution in [1.82, 2.24) is 5.32 Å². The lowest BCUT2D eigenvalue weighted by Gasteiger charge is -2.46.